The lowest BCUT2D eigenvalue weighted by atomic mass is 10.3. The molecule has 0 aliphatic heterocycles. The minimum atomic E-state index is -3.27. The van der Waals surface area contributed by atoms with Crippen molar-refractivity contribution in [1.82, 2.24) is 0 Å². The van der Waals surface area contributed by atoms with Gasteiger partial charge in [0.25, 0.3) is 0 Å². The van der Waals surface area contributed by atoms with Gasteiger partial charge < -0.3 is 10.4 Å². The molecule has 2 N–H and O–H groups in total. The van der Waals surface area contributed by atoms with Gasteiger partial charge in [0.15, 0.2) is 9.84 Å². The van der Waals surface area contributed by atoms with Crippen LogP contribution in [0.15, 0.2) is 29.2 Å². The number of aliphatic hydroxyl groups excluding tert-OH is 1. The summed E-state index contributed by atoms with van der Waals surface area (Å²) in [7, 11) is -3.27. The van der Waals surface area contributed by atoms with Crippen LogP contribution in [-0.4, -0.2) is 37.3 Å². The highest BCUT2D eigenvalue weighted by Crippen LogP contribution is 2.19. The van der Waals surface area contributed by atoms with Gasteiger partial charge in [-0.15, -0.1) is 11.6 Å². The van der Waals surface area contributed by atoms with Crippen LogP contribution in [0.3, 0.4) is 0 Å². The Hall–Kier alpha value is -0.780. The molecule has 1 atom stereocenters. The third-order valence-corrected chi connectivity index (χ3v) is 5.01. The van der Waals surface area contributed by atoms with Gasteiger partial charge in [-0.2, -0.15) is 0 Å². The summed E-state index contributed by atoms with van der Waals surface area (Å²) in [6.45, 7) is 3.58. The van der Waals surface area contributed by atoms with E-state index in [-0.39, 0.29) is 17.3 Å². The zero-order valence-electron chi connectivity index (χ0n) is 10.4. The predicted molar refractivity (Wildman–Crippen MR) is 74.0 cm³/mol. The number of benzene rings is 1. The van der Waals surface area contributed by atoms with E-state index < -0.39 is 21.2 Å². The van der Waals surface area contributed by atoms with Crippen molar-refractivity contribution in [1.29, 1.82) is 0 Å². The van der Waals surface area contributed by atoms with E-state index in [2.05, 4.69) is 5.32 Å². The Labute approximate surface area is 113 Å². The molecule has 1 aromatic rings. The van der Waals surface area contributed by atoms with Crippen LogP contribution >= 0.6 is 11.6 Å². The second-order valence-electron chi connectivity index (χ2n) is 4.31. The molecule has 0 radical (unpaired) electrons. The van der Waals surface area contributed by atoms with Crippen LogP contribution in [0.1, 0.15) is 13.8 Å². The third-order valence-electron chi connectivity index (χ3n) is 2.50. The Kier molecular flexibility index (Phi) is 5.44. The molecule has 0 aromatic heterocycles. The summed E-state index contributed by atoms with van der Waals surface area (Å²) in [5.74, 6) is 0.136. The molecular formula is C12H18ClNO3S. The van der Waals surface area contributed by atoms with Crippen molar-refractivity contribution in [3.8, 4) is 0 Å². The van der Waals surface area contributed by atoms with Gasteiger partial charge in [0.05, 0.1) is 22.1 Å². The Morgan fingerprint density at radius 2 is 2.06 bits per heavy atom. The number of halogens is 1. The van der Waals surface area contributed by atoms with E-state index >= 15 is 0 Å². The number of aliphatic hydroxyl groups is 1. The summed E-state index contributed by atoms with van der Waals surface area (Å²) in [5, 5.41) is 11.8. The smallest absolute Gasteiger partial charge is 0.180 e. The summed E-state index contributed by atoms with van der Waals surface area (Å²) >= 11 is 5.48. The van der Waals surface area contributed by atoms with Crippen LogP contribution in [-0.2, 0) is 9.84 Å². The highest BCUT2D eigenvalue weighted by molar-refractivity contribution is 7.92. The summed E-state index contributed by atoms with van der Waals surface area (Å²) in [6.07, 6.45) is -0.656. The number of anilines is 1. The lowest BCUT2D eigenvalue weighted by Crippen LogP contribution is -2.21. The highest BCUT2D eigenvalue weighted by atomic mass is 35.5. The van der Waals surface area contributed by atoms with Gasteiger partial charge in [-0.05, 0) is 32.0 Å². The summed E-state index contributed by atoms with van der Waals surface area (Å²) in [6, 6.07) is 6.56. The zero-order chi connectivity index (χ0) is 13.8. The van der Waals surface area contributed by atoms with E-state index in [1.807, 2.05) is 0 Å². The van der Waals surface area contributed by atoms with Crippen LogP contribution in [0, 0.1) is 0 Å². The normalized spacial score (nSPS) is 13.6. The maximum Gasteiger partial charge on any atom is 0.180 e. The van der Waals surface area contributed by atoms with Crippen LogP contribution in [0.4, 0.5) is 5.69 Å². The van der Waals surface area contributed by atoms with Crippen molar-refractivity contribution in [2.75, 3.05) is 17.7 Å². The van der Waals surface area contributed by atoms with Crippen molar-refractivity contribution >= 4 is 27.1 Å². The fourth-order valence-corrected chi connectivity index (χ4v) is 2.56. The molecule has 0 aliphatic rings. The van der Waals surface area contributed by atoms with Gasteiger partial charge in [0.1, 0.15) is 0 Å². The maximum atomic E-state index is 12.0. The Morgan fingerprint density at radius 1 is 1.39 bits per heavy atom. The first-order valence-corrected chi connectivity index (χ1v) is 7.78. The van der Waals surface area contributed by atoms with Gasteiger partial charge in [-0.1, -0.05) is 6.07 Å². The molecular weight excluding hydrogens is 274 g/mol. The SMILES string of the molecule is CC(C)S(=O)(=O)c1cccc(NCC(O)CCl)c1. The van der Waals surface area contributed by atoms with Crippen molar-refractivity contribution < 1.29 is 13.5 Å². The van der Waals surface area contributed by atoms with Crippen molar-refractivity contribution in [2.24, 2.45) is 0 Å². The topological polar surface area (TPSA) is 66.4 Å². The number of nitrogens with one attached hydrogen (secondary N) is 1. The molecule has 0 bridgehead atoms. The quantitative estimate of drug-likeness (QED) is 0.786. The molecule has 1 rings (SSSR count). The van der Waals surface area contributed by atoms with E-state index in [0.29, 0.717) is 5.69 Å². The van der Waals surface area contributed by atoms with Gasteiger partial charge in [-0.25, -0.2) is 8.42 Å². The van der Waals surface area contributed by atoms with Crippen LogP contribution < -0.4 is 5.32 Å². The molecule has 0 aliphatic carbocycles. The minimum absolute atomic E-state index is 0.136. The molecule has 0 saturated heterocycles. The average Bonchev–Trinajstić information content (AvgIpc) is 2.36. The number of hydrogen-bond acceptors (Lipinski definition) is 4. The zero-order valence-corrected chi connectivity index (χ0v) is 12.0. The lowest BCUT2D eigenvalue weighted by Gasteiger charge is -2.12. The van der Waals surface area contributed by atoms with Gasteiger partial charge in [0, 0.05) is 12.2 Å². The number of sulfone groups is 1. The first-order chi connectivity index (χ1) is 8.37. The van der Waals surface area contributed by atoms with E-state index in [0.717, 1.165) is 0 Å². The Balaban J connectivity index is 2.87. The van der Waals surface area contributed by atoms with Crippen molar-refractivity contribution in [2.45, 2.75) is 30.1 Å². The molecule has 18 heavy (non-hydrogen) atoms. The van der Waals surface area contributed by atoms with Crippen LogP contribution in [0.5, 0.6) is 0 Å². The molecule has 4 nitrogen and oxygen atoms in total. The lowest BCUT2D eigenvalue weighted by molar-refractivity contribution is 0.211. The summed E-state index contributed by atoms with van der Waals surface area (Å²) < 4.78 is 24.0. The average molecular weight is 292 g/mol. The molecule has 102 valence electrons. The number of hydrogen-bond donors (Lipinski definition) is 2. The molecule has 0 saturated carbocycles. The standard InChI is InChI=1S/C12H18ClNO3S/c1-9(2)18(16,17)12-5-3-4-10(6-12)14-8-11(15)7-13/h3-6,9,11,14-15H,7-8H2,1-2H3. The van der Waals surface area contributed by atoms with Gasteiger partial charge >= 0.3 is 0 Å². The number of alkyl halides is 1. The third kappa shape index (κ3) is 3.86. The molecule has 0 spiro atoms. The molecule has 0 fully saturated rings. The predicted octanol–water partition coefficient (Wildman–Crippen LogP) is 1.88. The van der Waals surface area contributed by atoms with E-state index in [4.69, 9.17) is 11.6 Å². The second kappa shape index (κ2) is 6.41. The summed E-state index contributed by atoms with van der Waals surface area (Å²) in [5.41, 5.74) is 0.654. The monoisotopic (exact) mass is 291 g/mol. The van der Waals surface area contributed by atoms with E-state index in [1.165, 1.54) is 0 Å². The van der Waals surface area contributed by atoms with Crippen molar-refractivity contribution in [3.63, 3.8) is 0 Å². The van der Waals surface area contributed by atoms with Crippen molar-refractivity contribution in [3.05, 3.63) is 24.3 Å². The van der Waals surface area contributed by atoms with Crippen LogP contribution in [0.25, 0.3) is 0 Å². The van der Waals surface area contributed by atoms with Gasteiger partial charge in [-0.3, -0.25) is 0 Å². The first-order valence-electron chi connectivity index (χ1n) is 5.69. The fourth-order valence-electron chi connectivity index (χ4n) is 1.35. The molecule has 0 heterocycles. The summed E-state index contributed by atoms with van der Waals surface area (Å²) in [4.78, 5) is 0.280. The molecule has 1 unspecified atom stereocenters. The molecule has 0 amide bonds. The van der Waals surface area contributed by atoms with E-state index in [9.17, 15) is 13.5 Å². The van der Waals surface area contributed by atoms with Crippen LogP contribution in [0.2, 0.25) is 0 Å². The first kappa shape index (κ1) is 15.3. The maximum absolute atomic E-state index is 12.0. The highest BCUT2D eigenvalue weighted by Gasteiger charge is 2.19. The Morgan fingerprint density at radius 3 is 2.61 bits per heavy atom. The van der Waals surface area contributed by atoms with Gasteiger partial charge in [0.2, 0.25) is 0 Å². The Bertz CT molecular complexity index is 488. The number of rotatable bonds is 6. The fraction of sp³-hybridized carbons (Fsp3) is 0.500. The molecule has 1 aromatic carbocycles. The second-order valence-corrected chi connectivity index (χ2v) is 7.12. The molecule has 6 heteroatoms. The van der Waals surface area contributed by atoms with E-state index in [1.54, 1.807) is 38.1 Å². The largest absolute Gasteiger partial charge is 0.390 e. The minimum Gasteiger partial charge on any atom is -0.390 e.